The first kappa shape index (κ1) is 15.1. The zero-order valence-electron chi connectivity index (χ0n) is 12.6. The van der Waals surface area contributed by atoms with Crippen LogP contribution in [0.1, 0.15) is 22.8 Å². The normalized spacial score (nSPS) is 10.9. The fourth-order valence-corrected chi connectivity index (χ4v) is 2.60. The van der Waals surface area contributed by atoms with Crippen LogP contribution in [-0.4, -0.2) is 15.6 Å². The van der Waals surface area contributed by atoms with E-state index in [1.54, 1.807) is 30.3 Å². The summed E-state index contributed by atoms with van der Waals surface area (Å²) in [6.07, 6.45) is 1.94. The molecule has 0 radical (unpaired) electrons. The molecule has 3 aromatic rings. The van der Waals surface area contributed by atoms with Crippen LogP contribution in [0.25, 0.3) is 10.9 Å². The molecule has 0 atom stereocenters. The predicted octanol–water partition coefficient (Wildman–Crippen LogP) is 4.08. The summed E-state index contributed by atoms with van der Waals surface area (Å²) in [7, 11) is 0. The van der Waals surface area contributed by atoms with Gasteiger partial charge in [0.25, 0.3) is 0 Å². The molecule has 0 saturated carbocycles. The van der Waals surface area contributed by atoms with E-state index in [0.717, 1.165) is 23.0 Å². The Morgan fingerprint density at radius 3 is 2.78 bits per heavy atom. The van der Waals surface area contributed by atoms with Crippen molar-refractivity contribution >= 4 is 16.9 Å². The lowest BCUT2D eigenvalue weighted by Gasteiger charge is -2.05. The summed E-state index contributed by atoms with van der Waals surface area (Å²) in [5.41, 5.74) is 2.06. The number of aromatic carboxylic acids is 1. The molecule has 118 valence electrons. The van der Waals surface area contributed by atoms with Crippen molar-refractivity contribution in [2.75, 3.05) is 0 Å². The molecular weight excluding hydrogens is 297 g/mol. The van der Waals surface area contributed by atoms with Gasteiger partial charge in [0, 0.05) is 35.3 Å². The minimum absolute atomic E-state index is 0.235. The number of halogens is 1. The Bertz CT molecular complexity index is 870. The molecule has 0 aliphatic rings. The Morgan fingerprint density at radius 1 is 1.26 bits per heavy atom. The van der Waals surface area contributed by atoms with E-state index in [-0.39, 0.29) is 18.0 Å². The summed E-state index contributed by atoms with van der Waals surface area (Å²) in [6.45, 7) is 3.03. The maximum atomic E-state index is 13.2. The maximum Gasteiger partial charge on any atom is 0.335 e. The smallest absolute Gasteiger partial charge is 0.335 e. The van der Waals surface area contributed by atoms with Gasteiger partial charge in [-0.15, -0.1) is 0 Å². The molecule has 3 rings (SSSR count). The second-order valence-electron chi connectivity index (χ2n) is 5.22. The third-order valence-corrected chi connectivity index (χ3v) is 3.74. The number of carboxylic acids is 1. The van der Waals surface area contributed by atoms with Crippen LogP contribution in [0.2, 0.25) is 0 Å². The van der Waals surface area contributed by atoms with Crippen LogP contribution in [0.3, 0.4) is 0 Å². The topological polar surface area (TPSA) is 51.5 Å². The summed E-state index contributed by atoms with van der Waals surface area (Å²) in [5.74, 6) is -0.878. The molecule has 0 fully saturated rings. The molecule has 4 nitrogen and oxygen atoms in total. The second-order valence-corrected chi connectivity index (χ2v) is 5.22. The number of hydrogen-bond acceptors (Lipinski definition) is 2. The third kappa shape index (κ3) is 3.04. The number of rotatable bonds is 5. The van der Waals surface area contributed by atoms with Crippen molar-refractivity contribution in [3.05, 3.63) is 65.6 Å². The number of ether oxygens (including phenoxy) is 1. The van der Waals surface area contributed by atoms with Gasteiger partial charge in [0.2, 0.25) is 0 Å². The zero-order valence-corrected chi connectivity index (χ0v) is 12.6. The van der Waals surface area contributed by atoms with Gasteiger partial charge in [-0.2, -0.15) is 0 Å². The molecular formula is C18H16FNO3. The SMILES string of the molecule is CCn1cc(COc2cccc(F)c2)c2cc(C(=O)O)ccc21. The number of carboxylic acid groups (broad SMARTS) is 1. The highest BCUT2D eigenvalue weighted by molar-refractivity contribution is 5.95. The van der Waals surface area contributed by atoms with Crippen molar-refractivity contribution in [1.82, 2.24) is 4.57 Å². The average molecular weight is 313 g/mol. The van der Waals surface area contributed by atoms with E-state index >= 15 is 0 Å². The van der Waals surface area contributed by atoms with Crippen molar-refractivity contribution < 1.29 is 19.0 Å². The Kier molecular flexibility index (Phi) is 4.02. The van der Waals surface area contributed by atoms with Gasteiger partial charge in [-0.1, -0.05) is 6.07 Å². The van der Waals surface area contributed by atoms with Crippen LogP contribution in [-0.2, 0) is 13.2 Å². The molecule has 0 aliphatic heterocycles. The third-order valence-electron chi connectivity index (χ3n) is 3.74. The summed E-state index contributed by atoms with van der Waals surface area (Å²) in [6, 6.07) is 11.0. The molecule has 0 amide bonds. The van der Waals surface area contributed by atoms with E-state index in [1.807, 2.05) is 17.7 Å². The molecule has 5 heteroatoms. The van der Waals surface area contributed by atoms with Gasteiger partial charge in [0.1, 0.15) is 18.2 Å². The number of aromatic nitrogens is 1. The van der Waals surface area contributed by atoms with Crippen molar-refractivity contribution in [1.29, 1.82) is 0 Å². The van der Waals surface area contributed by atoms with Crippen molar-refractivity contribution in [3.8, 4) is 5.75 Å². The van der Waals surface area contributed by atoms with E-state index in [9.17, 15) is 9.18 Å². The first-order valence-corrected chi connectivity index (χ1v) is 7.32. The zero-order chi connectivity index (χ0) is 16.4. The highest BCUT2D eigenvalue weighted by Gasteiger charge is 2.12. The molecule has 0 unspecified atom stereocenters. The largest absolute Gasteiger partial charge is 0.489 e. The first-order valence-electron chi connectivity index (χ1n) is 7.32. The van der Waals surface area contributed by atoms with E-state index < -0.39 is 5.97 Å². The van der Waals surface area contributed by atoms with Gasteiger partial charge in [-0.3, -0.25) is 0 Å². The molecule has 0 spiro atoms. The van der Waals surface area contributed by atoms with E-state index in [1.165, 1.54) is 12.1 Å². The van der Waals surface area contributed by atoms with Gasteiger partial charge < -0.3 is 14.4 Å². The minimum Gasteiger partial charge on any atom is -0.489 e. The number of fused-ring (bicyclic) bond motifs is 1. The number of aryl methyl sites for hydroxylation is 1. The molecule has 2 aromatic carbocycles. The molecule has 1 aromatic heterocycles. The maximum absolute atomic E-state index is 13.2. The number of carbonyl (C=O) groups is 1. The molecule has 23 heavy (non-hydrogen) atoms. The number of benzene rings is 2. The standard InChI is InChI=1S/C18H16FNO3/c1-2-20-10-13(11-23-15-5-3-4-14(19)9-15)16-8-12(18(21)22)6-7-17(16)20/h3-10H,2,11H2,1H3,(H,21,22). The second kappa shape index (κ2) is 6.12. The van der Waals surface area contributed by atoms with Crippen molar-refractivity contribution in [3.63, 3.8) is 0 Å². The van der Waals surface area contributed by atoms with E-state index in [4.69, 9.17) is 9.84 Å². The van der Waals surface area contributed by atoms with E-state index in [0.29, 0.717) is 5.75 Å². The molecule has 0 saturated heterocycles. The number of hydrogen-bond donors (Lipinski definition) is 1. The highest BCUT2D eigenvalue weighted by atomic mass is 19.1. The Morgan fingerprint density at radius 2 is 2.09 bits per heavy atom. The summed E-state index contributed by atoms with van der Waals surface area (Å²) >= 11 is 0. The Hall–Kier alpha value is -2.82. The molecule has 0 bridgehead atoms. The monoisotopic (exact) mass is 313 g/mol. The first-order chi connectivity index (χ1) is 11.1. The highest BCUT2D eigenvalue weighted by Crippen LogP contribution is 2.25. The van der Waals surface area contributed by atoms with Gasteiger partial charge in [-0.05, 0) is 37.3 Å². The Balaban J connectivity index is 1.95. The lowest BCUT2D eigenvalue weighted by atomic mass is 10.1. The van der Waals surface area contributed by atoms with Crippen LogP contribution in [0.5, 0.6) is 5.75 Å². The summed E-state index contributed by atoms with van der Waals surface area (Å²) < 4.78 is 20.9. The average Bonchev–Trinajstić information content (AvgIpc) is 2.90. The quantitative estimate of drug-likeness (QED) is 0.772. The molecule has 0 aliphatic carbocycles. The van der Waals surface area contributed by atoms with Crippen LogP contribution in [0.15, 0.2) is 48.7 Å². The summed E-state index contributed by atoms with van der Waals surface area (Å²) in [5, 5.41) is 9.99. The fourth-order valence-electron chi connectivity index (χ4n) is 2.60. The minimum atomic E-state index is -0.965. The molecule has 1 heterocycles. The Labute approximate surface area is 132 Å². The fraction of sp³-hybridized carbons (Fsp3) is 0.167. The van der Waals surface area contributed by atoms with Crippen molar-refractivity contribution in [2.24, 2.45) is 0 Å². The number of nitrogens with zero attached hydrogens (tertiary/aromatic N) is 1. The van der Waals surface area contributed by atoms with Crippen molar-refractivity contribution in [2.45, 2.75) is 20.1 Å². The van der Waals surface area contributed by atoms with Gasteiger partial charge >= 0.3 is 5.97 Å². The van der Waals surface area contributed by atoms with Gasteiger partial charge in [0.05, 0.1) is 5.56 Å². The lowest BCUT2D eigenvalue weighted by molar-refractivity contribution is 0.0697. The van der Waals surface area contributed by atoms with Gasteiger partial charge in [0.15, 0.2) is 0 Å². The molecule has 1 N–H and O–H groups in total. The van der Waals surface area contributed by atoms with E-state index in [2.05, 4.69) is 0 Å². The van der Waals surface area contributed by atoms with Gasteiger partial charge in [-0.25, -0.2) is 9.18 Å². The predicted molar refractivity (Wildman–Crippen MR) is 85.3 cm³/mol. The lowest BCUT2D eigenvalue weighted by Crippen LogP contribution is -1.97. The summed E-state index contributed by atoms with van der Waals surface area (Å²) in [4.78, 5) is 11.2. The van der Waals surface area contributed by atoms with Crippen LogP contribution >= 0.6 is 0 Å². The van der Waals surface area contributed by atoms with Crippen LogP contribution in [0.4, 0.5) is 4.39 Å². The van der Waals surface area contributed by atoms with Crippen LogP contribution in [0, 0.1) is 5.82 Å². The van der Waals surface area contributed by atoms with Crippen LogP contribution < -0.4 is 4.74 Å².